The molecule has 18 heavy (non-hydrogen) atoms. The number of nitrogens with zero attached hydrogens (tertiary/aromatic N) is 2. The van der Waals surface area contributed by atoms with Crippen LogP contribution in [-0.4, -0.2) is 29.6 Å². The second-order valence-corrected chi connectivity index (χ2v) is 4.51. The third-order valence-electron chi connectivity index (χ3n) is 2.46. The third-order valence-corrected chi connectivity index (χ3v) is 2.46. The smallest absolute Gasteiger partial charge is 0.338 e. The summed E-state index contributed by atoms with van der Waals surface area (Å²) in [4.78, 5) is 23.2. The van der Waals surface area contributed by atoms with Gasteiger partial charge in [0.25, 0.3) is 5.69 Å². The van der Waals surface area contributed by atoms with Crippen LogP contribution in [0, 0.1) is 16.0 Å². The van der Waals surface area contributed by atoms with Gasteiger partial charge in [0.1, 0.15) is 5.69 Å². The average Bonchev–Trinajstić information content (AvgIpc) is 2.26. The Morgan fingerprint density at radius 2 is 2.11 bits per heavy atom. The van der Waals surface area contributed by atoms with E-state index in [4.69, 9.17) is 5.11 Å². The number of hydrogen-bond donors (Lipinski definition) is 1. The predicted molar refractivity (Wildman–Crippen MR) is 68.2 cm³/mol. The first-order chi connectivity index (χ1) is 8.34. The maximum Gasteiger partial charge on any atom is 0.338 e. The highest BCUT2D eigenvalue weighted by molar-refractivity contribution is 5.97. The van der Waals surface area contributed by atoms with E-state index in [-0.39, 0.29) is 22.9 Å². The lowest BCUT2D eigenvalue weighted by Gasteiger charge is -2.22. The summed E-state index contributed by atoms with van der Waals surface area (Å²) in [7, 11) is 1.66. The van der Waals surface area contributed by atoms with Gasteiger partial charge >= 0.3 is 5.97 Å². The fraction of sp³-hybridized carbons (Fsp3) is 0.417. The van der Waals surface area contributed by atoms with Crippen molar-refractivity contribution in [1.82, 2.24) is 0 Å². The highest BCUT2D eigenvalue weighted by Gasteiger charge is 2.24. The summed E-state index contributed by atoms with van der Waals surface area (Å²) in [6, 6.07) is 4.08. The Balaban J connectivity index is 3.35. The first-order valence-corrected chi connectivity index (χ1v) is 5.56. The highest BCUT2D eigenvalue weighted by Crippen LogP contribution is 2.31. The van der Waals surface area contributed by atoms with Gasteiger partial charge in [-0.05, 0) is 12.0 Å². The van der Waals surface area contributed by atoms with Crippen molar-refractivity contribution >= 4 is 17.3 Å². The zero-order valence-corrected chi connectivity index (χ0v) is 10.6. The van der Waals surface area contributed by atoms with Crippen LogP contribution in [0.15, 0.2) is 18.2 Å². The van der Waals surface area contributed by atoms with Crippen molar-refractivity contribution in [2.24, 2.45) is 5.92 Å². The molecule has 0 radical (unpaired) electrons. The Bertz CT molecular complexity index is 439. The summed E-state index contributed by atoms with van der Waals surface area (Å²) in [5.74, 6) is -0.888. The number of rotatable bonds is 5. The van der Waals surface area contributed by atoms with Gasteiger partial charge in [-0.2, -0.15) is 0 Å². The summed E-state index contributed by atoms with van der Waals surface area (Å²) in [6.45, 7) is 4.47. The minimum absolute atomic E-state index is 0.0487. The van der Waals surface area contributed by atoms with E-state index in [9.17, 15) is 14.9 Å². The fourth-order valence-electron chi connectivity index (χ4n) is 1.89. The van der Waals surface area contributed by atoms with E-state index in [2.05, 4.69) is 0 Å². The van der Waals surface area contributed by atoms with Crippen molar-refractivity contribution in [2.75, 3.05) is 18.5 Å². The molecule has 0 aliphatic rings. The molecule has 0 heterocycles. The largest absolute Gasteiger partial charge is 0.478 e. The molecule has 0 aromatic heterocycles. The summed E-state index contributed by atoms with van der Waals surface area (Å²) in [6.07, 6.45) is 0. The van der Waals surface area contributed by atoms with Gasteiger partial charge in [-0.3, -0.25) is 10.1 Å². The molecule has 0 amide bonds. The molecule has 1 aromatic rings. The Morgan fingerprint density at radius 1 is 1.50 bits per heavy atom. The van der Waals surface area contributed by atoms with Gasteiger partial charge in [0.15, 0.2) is 0 Å². The van der Waals surface area contributed by atoms with Crippen LogP contribution in [0.3, 0.4) is 0 Å². The molecule has 0 aliphatic heterocycles. The normalized spacial score (nSPS) is 10.4. The van der Waals surface area contributed by atoms with Crippen molar-refractivity contribution in [1.29, 1.82) is 0 Å². The zero-order valence-electron chi connectivity index (χ0n) is 10.6. The van der Waals surface area contributed by atoms with Gasteiger partial charge in [0.05, 0.1) is 10.5 Å². The van der Waals surface area contributed by atoms with Crippen LogP contribution in [0.1, 0.15) is 24.2 Å². The van der Waals surface area contributed by atoms with Gasteiger partial charge in [0, 0.05) is 19.7 Å². The maximum atomic E-state index is 11.1. The van der Waals surface area contributed by atoms with Crippen molar-refractivity contribution in [3.05, 3.63) is 33.9 Å². The lowest BCUT2D eigenvalue weighted by atomic mass is 10.1. The minimum atomic E-state index is -1.16. The van der Waals surface area contributed by atoms with Crippen LogP contribution in [0.2, 0.25) is 0 Å². The number of para-hydroxylation sites is 1. The molecule has 1 N–H and O–H groups in total. The van der Waals surface area contributed by atoms with E-state index < -0.39 is 10.9 Å². The lowest BCUT2D eigenvalue weighted by molar-refractivity contribution is -0.384. The minimum Gasteiger partial charge on any atom is -0.478 e. The summed E-state index contributed by atoms with van der Waals surface area (Å²) in [5, 5.41) is 20.1. The molecule has 0 fully saturated rings. The number of nitro benzene ring substituents is 1. The molecule has 0 bridgehead atoms. The molecule has 1 aromatic carbocycles. The number of hydrogen-bond acceptors (Lipinski definition) is 4. The number of carboxylic acids is 1. The standard InChI is InChI=1S/C12H16N2O4/c1-8(2)7-13(3)11-9(12(15)16)5-4-6-10(11)14(17)18/h4-6,8H,7H2,1-3H3,(H,15,16). The van der Waals surface area contributed by atoms with Crippen molar-refractivity contribution in [3.63, 3.8) is 0 Å². The molecule has 0 aliphatic carbocycles. The van der Waals surface area contributed by atoms with E-state index in [1.165, 1.54) is 18.2 Å². The molecule has 0 unspecified atom stereocenters. The van der Waals surface area contributed by atoms with Crippen LogP contribution >= 0.6 is 0 Å². The van der Waals surface area contributed by atoms with Crippen LogP contribution in [-0.2, 0) is 0 Å². The number of nitro groups is 1. The lowest BCUT2D eigenvalue weighted by Crippen LogP contribution is -2.25. The predicted octanol–water partition coefficient (Wildman–Crippen LogP) is 2.39. The molecule has 98 valence electrons. The van der Waals surface area contributed by atoms with Gasteiger partial charge in [-0.1, -0.05) is 19.9 Å². The molecule has 6 nitrogen and oxygen atoms in total. The van der Waals surface area contributed by atoms with Crippen LogP contribution in [0.5, 0.6) is 0 Å². The van der Waals surface area contributed by atoms with Gasteiger partial charge in [-0.15, -0.1) is 0 Å². The van der Waals surface area contributed by atoms with E-state index in [0.29, 0.717) is 6.54 Å². The van der Waals surface area contributed by atoms with Crippen LogP contribution in [0.25, 0.3) is 0 Å². The summed E-state index contributed by atoms with van der Waals surface area (Å²) >= 11 is 0. The van der Waals surface area contributed by atoms with E-state index in [1.54, 1.807) is 11.9 Å². The Hall–Kier alpha value is -2.11. The molecular weight excluding hydrogens is 236 g/mol. The van der Waals surface area contributed by atoms with Gasteiger partial charge in [-0.25, -0.2) is 4.79 Å². The van der Waals surface area contributed by atoms with E-state index in [1.807, 2.05) is 13.8 Å². The van der Waals surface area contributed by atoms with Crippen LogP contribution < -0.4 is 4.90 Å². The molecule has 0 saturated heterocycles. The number of benzene rings is 1. The third kappa shape index (κ3) is 2.97. The molecule has 6 heteroatoms. The second kappa shape index (κ2) is 5.48. The molecule has 0 saturated carbocycles. The zero-order chi connectivity index (χ0) is 13.9. The Labute approximate surface area is 105 Å². The Kier molecular flexibility index (Phi) is 4.25. The SMILES string of the molecule is CC(C)CN(C)c1c(C(=O)O)cccc1[N+](=O)[O-]. The summed E-state index contributed by atoms with van der Waals surface area (Å²) < 4.78 is 0. The van der Waals surface area contributed by atoms with Crippen molar-refractivity contribution in [3.8, 4) is 0 Å². The van der Waals surface area contributed by atoms with Gasteiger partial charge in [0.2, 0.25) is 0 Å². The van der Waals surface area contributed by atoms with Crippen molar-refractivity contribution < 1.29 is 14.8 Å². The average molecular weight is 252 g/mol. The molecular formula is C12H16N2O4. The fourth-order valence-corrected chi connectivity index (χ4v) is 1.89. The number of aromatic carboxylic acids is 1. The van der Waals surface area contributed by atoms with Crippen molar-refractivity contribution in [2.45, 2.75) is 13.8 Å². The van der Waals surface area contributed by atoms with Gasteiger partial charge < -0.3 is 10.0 Å². The second-order valence-electron chi connectivity index (χ2n) is 4.51. The maximum absolute atomic E-state index is 11.1. The number of carboxylic acid groups (broad SMARTS) is 1. The van der Waals surface area contributed by atoms with Crippen LogP contribution in [0.4, 0.5) is 11.4 Å². The molecule has 1 rings (SSSR count). The van der Waals surface area contributed by atoms with E-state index in [0.717, 1.165) is 0 Å². The first kappa shape index (κ1) is 14.0. The molecule has 0 atom stereocenters. The molecule has 0 spiro atoms. The number of carbonyl (C=O) groups is 1. The number of anilines is 1. The topological polar surface area (TPSA) is 83.7 Å². The quantitative estimate of drug-likeness (QED) is 0.642. The van der Waals surface area contributed by atoms with E-state index >= 15 is 0 Å². The Morgan fingerprint density at radius 3 is 2.56 bits per heavy atom. The highest BCUT2D eigenvalue weighted by atomic mass is 16.6. The monoisotopic (exact) mass is 252 g/mol. The summed E-state index contributed by atoms with van der Waals surface area (Å²) in [5.41, 5.74) is -0.0749. The first-order valence-electron chi connectivity index (χ1n) is 5.56.